The van der Waals surface area contributed by atoms with Crippen molar-refractivity contribution in [2.45, 2.75) is 32.0 Å². The van der Waals surface area contributed by atoms with Crippen LogP contribution < -0.4 is 10.3 Å². The van der Waals surface area contributed by atoms with E-state index in [2.05, 4.69) is 4.98 Å². The van der Waals surface area contributed by atoms with Crippen molar-refractivity contribution in [3.63, 3.8) is 0 Å². The second-order valence-corrected chi connectivity index (χ2v) is 7.62. The van der Waals surface area contributed by atoms with E-state index in [1.807, 2.05) is 12.1 Å². The number of pyridine rings is 2. The zero-order valence-corrected chi connectivity index (χ0v) is 15.4. The minimum Gasteiger partial charge on any atom is -0.477 e. The van der Waals surface area contributed by atoms with Gasteiger partial charge in [0.25, 0.3) is 0 Å². The lowest BCUT2D eigenvalue weighted by Crippen LogP contribution is -2.22. The summed E-state index contributed by atoms with van der Waals surface area (Å²) in [5, 5.41) is 9.94. The number of rotatable bonds is 3. The SMILES string of the molecule is O=C(O)c1cn(C2CC2)c2nc(N3Cc4cccc(Cl)c4C3)c(F)cc2c1=O. The Hall–Kier alpha value is -2.93. The third kappa shape index (κ3) is 2.57. The number of nitrogens with zero attached hydrogens (tertiary/aromatic N) is 3. The Labute approximate surface area is 163 Å². The molecule has 1 aliphatic carbocycles. The highest BCUT2D eigenvalue weighted by molar-refractivity contribution is 6.31. The van der Waals surface area contributed by atoms with E-state index in [-0.39, 0.29) is 22.8 Å². The first kappa shape index (κ1) is 17.2. The van der Waals surface area contributed by atoms with E-state index in [0.717, 1.165) is 30.0 Å². The molecule has 142 valence electrons. The summed E-state index contributed by atoms with van der Waals surface area (Å²) >= 11 is 6.26. The summed E-state index contributed by atoms with van der Waals surface area (Å²) in [6.07, 6.45) is 3.07. The molecule has 8 heteroatoms. The number of hydrogen-bond donors (Lipinski definition) is 1. The number of carboxylic acids is 1. The molecule has 0 atom stereocenters. The summed E-state index contributed by atoms with van der Waals surface area (Å²) in [5.74, 6) is -1.84. The van der Waals surface area contributed by atoms with Gasteiger partial charge in [0.05, 0.1) is 5.39 Å². The van der Waals surface area contributed by atoms with E-state index < -0.39 is 17.2 Å². The van der Waals surface area contributed by atoms with Crippen LogP contribution in [-0.2, 0) is 13.1 Å². The number of benzene rings is 1. The van der Waals surface area contributed by atoms with Crippen LogP contribution in [0.3, 0.4) is 0 Å². The van der Waals surface area contributed by atoms with E-state index in [1.165, 1.54) is 6.20 Å². The van der Waals surface area contributed by atoms with Crippen LogP contribution in [0.4, 0.5) is 10.2 Å². The van der Waals surface area contributed by atoms with Gasteiger partial charge in [-0.25, -0.2) is 14.2 Å². The third-order valence-corrected chi connectivity index (χ3v) is 5.69. The van der Waals surface area contributed by atoms with Crippen molar-refractivity contribution in [1.29, 1.82) is 0 Å². The van der Waals surface area contributed by atoms with Crippen LogP contribution in [0.15, 0.2) is 35.3 Å². The monoisotopic (exact) mass is 399 g/mol. The Morgan fingerprint density at radius 2 is 2.07 bits per heavy atom. The highest BCUT2D eigenvalue weighted by atomic mass is 35.5. The molecule has 0 bridgehead atoms. The molecule has 28 heavy (non-hydrogen) atoms. The lowest BCUT2D eigenvalue weighted by molar-refractivity contribution is 0.0695. The molecular formula is C20H15ClFN3O3. The molecule has 0 radical (unpaired) electrons. The lowest BCUT2D eigenvalue weighted by atomic mass is 10.1. The molecule has 1 aromatic carbocycles. The summed E-state index contributed by atoms with van der Waals surface area (Å²) < 4.78 is 16.6. The Kier molecular flexibility index (Phi) is 3.71. The van der Waals surface area contributed by atoms with E-state index >= 15 is 0 Å². The van der Waals surface area contributed by atoms with Crippen LogP contribution >= 0.6 is 11.6 Å². The van der Waals surface area contributed by atoms with Crippen molar-refractivity contribution < 1.29 is 14.3 Å². The maximum Gasteiger partial charge on any atom is 0.341 e. The second kappa shape index (κ2) is 6.04. The normalized spacial score (nSPS) is 15.9. The fourth-order valence-electron chi connectivity index (χ4n) is 3.77. The molecule has 0 amide bonds. The van der Waals surface area contributed by atoms with Crippen molar-refractivity contribution in [2.75, 3.05) is 4.90 Å². The standard InChI is InChI=1S/C20H15ClFN3O3/c21-15-3-1-2-10-7-24(8-13(10)15)19-16(22)6-12-17(26)14(20(27)28)9-25(11-4-5-11)18(12)23-19/h1-3,6,9,11H,4-5,7-8H2,(H,27,28). The molecule has 5 rings (SSSR count). The minimum absolute atomic E-state index is 0.0113. The molecule has 1 N–H and O–H groups in total. The average molecular weight is 400 g/mol. The number of aromatic carboxylic acids is 1. The molecule has 2 aromatic heterocycles. The highest BCUT2D eigenvalue weighted by Gasteiger charge is 2.30. The zero-order chi connectivity index (χ0) is 19.6. The first-order valence-corrected chi connectivity index (χ1v) is 9.31. The maximum atomic E-state index is 14.9. The van der Waals surface area contributed by atoms with Crippen LogP contribution in [0.5, 0.6) is 0 Å². The fourth-order valence-corrected chi connectivity index (χ4v) is 4.03. The van der Waals surface area contributed by atoms with E-state index in [4.69, 9.17) is 11.6 Å². The largest absolute Gasteiger partial charge is 0.477 e. The molecule has 3 aromatic rings. The number of halogens is 2. The number of carbonyl (C=O) groups is 1. The predicted molar refractivity (Wildman–Crippen MR) is 103 cm³/mol. The number of anilines is 1. The van der Waals surface area contributed by atoms with Gasteiger partial charge in [0.2, 0.25) is 5.43 Å². The molecule has 1 aliphatic heterocycles. The van der Waals surface area contributed by atoms with Gasteiger partial charge < -0.3 is 14.6 Å². The summed E-state index contributed by atoms with van der Waals surface area (Å²) in [6, 6.07) is 6.78. The van der Waals surface area contributed by atoms with Crippen molar-refractivity contribution in [3.8, 4) is 0 Å². The predicted octanol–water partition coefficient (Wildman–Crippen LogP) is 3.74. The van der Waals surface area contributed by atoms with Gasteiger partial charge in [0.15, 0.2) is 11.6 Å². The number of carboxylic acid groups (broad SMARTS) is 1. The first-order chi connectivity index (χ1) is 13.4. The van der Waals surface area contributed by atoms with Gasteiger partial charge in [-0.05, 0) is 36.1 Å². The lowest BCUT2D eigenvalue weighted by Gasteiger charge is -2.19. The zero-order valence-electron chi connectivity index (χ0n) is 14.7. The van der Waals surface area contributed by atoms with E-state index in [1.54, 1.807) is 15.5 Å². The van der Waals surface area contributed by atoms with Crippen LogP contribution in [0, 0.1) is 5.82 Å². The maximum absolute atomic E-state index is 14.9. The van der Waals surface area contributed by atoms with Crippen LogP contribution in [0.25, 0.3) is 11.0 Å². The third-order valence-electron chi connectivity index (χ3n) is 5.34. The highest BCUT2D eigenvalue weighted by Crippen LogP contribution is 2.38. The van der Waals surface area contributed by atoms with E-state index in [9.17, 15) is 19.1 Å². The minimum atomic E-state index is -1.32. The molecule has 6 nitrogen and oxygen atoms in total. The van der Waals surface area contributed by atoms with Crippen LogP contribution in [0.1, 0.15) is 40.4 Å². The van der Waals surface area contributed by atoms with Gasteiger partial charge in [-0.1, -0.05) is 23.7 Å². The fraction of sp³-hybridized carbons (Fsp3) is 0.250. The van der Waals surface area contributed by atoms with Gasteiger partial charge >= 0.3 is 5.97 Å². The van der Waals surface area contributed by atoms with Gasteiger partial charge in [-0.2, -0.15) is 0 Å². The van der Waals surface area contributed by atoms with Gasteiger partial charge in [0, 0.05) is 30.4 Å². The Morgan fingerprint density at radius 1 is 1.29 bits per heavy atom. The average Bonchev–Trinajstić information content (AvgIpc) is 3.40. The smallest absolute Gasteiger partial charge is 0.341 e. The molecule has 0 spiro atoms. The molecule has 0 unspecified atom stereocenters. The molecule has 0 saturated heterocycles. The van der Waals surface area contributed by atoms with Crippen molar-refractivity contribution in [1.82, 2.24) is 9.55 Å². The Balaban J connectivity index is 1.68. The number of aromatic nitrogens is 2. The second-order valence-electron chi connectivity index (χ2n) is 7.21. The molecule has 3 heterocycles. The van der Waals surface area contributed by atoms with Gasteiger partial charge in [-0.3, -0.25) is 4.79 Å². The van der Waals surface area contributed by atoms with E-state index in [0.29, 0.717) is 23.8 Å². The molecule has 1 fully saturated rings. The molecular weight excluding hydrogens is 385 g/mol. The first-order valence-electron chi connectivity index (χ1n) is 8.94. The van der Waals surface area contributed by atoms with Crippen molar-refractivity contribution >= 4 is 34.4 Å². The van der Waals surface area contributed by atoms with Gasteiger partial charge in [-0.15, -0.1) is 0 Å². The van der Waals surface area contributed by atoms with Crippen LogP contribution in [0.2, 0.25) is 5.02 Å². The molecule has 2 aliphatic rings. The quantitative estimate of drug-likeness (QED) is 0.726. The summed E-state index contributed by atoms with van der Waals surface area (Å²) in [6.45, 7) is 0.886. The Bertz CT molecular complexity index is 1220. The summed E-state index contributed by atoms with van der Waals surface area (Å²) in [7, 11) is 0. The van der Waals surface area contributed by atoms with Gasteiger partial charge in [0.1, 0.15) is 11.2 Å². The topological polar surface area (TPSA) is 75.4 Å². The number of fused-ring (bicyclic) bond motifs is 2. The van der Waals surface area contributed by atoms with Crippen molar-refractivity contribution in [3.05, 3.63) is 68.2 Å². The van der Waals surface area contributed by atoms with Crippen molar-refractivity contribution in [2.24, 2.45) is 0 Å². The summed E-state index contributed by atoms with van der Waals surface area (Å²) in [5.41, 5.74) is 1.18. The number of hydrogen-bond acceptors (Lipinski definition) is 4. The molecule has 1 saturated carbocycles. The summed E-state index contributed by atoms with van der Waals surface area (Å²) in [4.78, 5) is 30.2. The Morgan fingerprint density at radius 3 is 2.75 bits per heavy atom. The van der Waals surface area contributed by atoms with Crippen LogP contribution in [-0.4, -0.2) is 20.6 Å².